The first kappa shape index (κ1) is 23.5. The Morgan fingerprint density at radius 1 is 0.900 bits per heavy atom. The van der Waals surface area contributed by atoms with E-state index in [1.807, 2.05) is 30.3 Å². The maximum atomic E-state index is 13.0. The quantitative estimate of drug-likeness (QED) is 0.781. The van der Waals surface area contributed by atoms with Gasteiger partial charge in [0.25, 0.3) is 5.91 Å². The van der Waals surface area contributed by atoms with Gasteiger partial charge in [-0.15, -0.1) is 12.4 Å². The molecule has 8 heteroatoms. The van der Waals surface area contributed by atoms with E-state index in [-0.39, 0.29) is 24.2 Å². The maximum absolute atomic E-state index is 13.0. The Labute approximate surface area is 183 Å². The van der Waals surface area contributed by atoms with Gasteiger partial charge in [-0.3, -0.25) is 9.59 Å². The number of rotatable bonds is 5. The van der Waals surface area contributed by atoms with Gasteiger partial charge < -0.3 is 25.0 Å². The first-order valence-corrected chi connectivity index (χ1v) is 9.53. The van der Waals surface area contributed by atoms with Crippen molar-refractivity contribution >= 4 is 24.2 Å². The number of nitrogens with two attached hydrogens (primary N) is 1. The summed E-state index contributed by atoms with van der Waals surface area (Å²) in [6, 6.07) is 14.4. The molecule has 0 aromatic heterocycles. The lowest BCUT2D eigenvalue weighted by atomic mass is 9.91. The third-order valence-corrected chi connectivity index (χ3v) is 5.27. The summed E-state index contributed by atoms with van der Waals surface area (Å²) in [4.78, 5) is 29.4. The van der Waals surface area contributed by atoms with Crippen LogP contribution in [0.2, 0.25) is 0 Å². The number of carbonyl (C=O) groups is 2. The molecular weight excluding hydrogens is 406 g/mol. The minimum absolute atomic E-state index is 0. The average Bonchev–Trinajstić information content (AvgIpc) is 2.78. The molecule has 2 aromatic carbocycles. The van der Waals surface area contributed by atoms with Gasteiger partial charge in [0.15, 0.2) is 0 Å². The summed E-state index contributed by atoms with van der Waals surface area (Å²) in [5, 5.41) is 0. The molecule has 0 saturated carbocycles. The molecule has 1 unspecified atom stereocenters. The third-order valence-electron chi connectivity index (χ3n) is 5.27. The third kappa shape index (κ3) is 4.86. The first-order valence-electron chi connectivity index (χ1n) is 9.53. The van der Waals surface area contributed by atoms with E-state index in [1.54, 1.807) is 49.1 Å². The molecule has 2 N–H and O–H groups in total. The van der Waals surface area contributed by atoms with Gasteiger partial charge in [-0.1, -0.05) is 30.3 Å². The molecule has 3 rings (SSSR count). The number of hydrogen-bond donors (Lipinski definition) is 1. The molecule has 1 heterocycles. The highest BCUT2D eigenvalue weighted by molar-refractivity contribution is 5.95. The van der Waals surface area contributed by atoms with E-state index in [1.165, 1.54) is 0 Å². The first-order chi connectivity index (χ1) is 13.9. The average molecular weight is 434 g/mol. The van der Waals surface area contributed by atoms with Gasteiger partial charge in [-0.2, -0.15) is 0 Å². The molecule has 1 fully saturated rings. The highest BCUT2D eigenvalue weighted by atomic mass is 35.5. The number of halogens is 1. The molecule has 1 aliphatic heterocycles. The Morgan fingerprint density at radius 3 is 1.90 bits per heavy atom. The monoisotopic (exact) mass is 433 g/mol. The second-order valence-electron chi connectivity index (χ2n) is 7.25. The lowest BCUT2D eigenvalue weighted by Gasteiger charge is -2.38. The second kappa shape index (κ2) is 9.82. The Kier molecular flexibility index (Phi) is 7.70. The zero-order valence-corrected chi connectivity index (χ0v) is 18.3. The van der Waals surface area contributed by atoms with Crippen LogP contribution in [0.25, 0.3) is 0 Å². The fraction of sp³-hybridized carbons (Fsp3) is 0.364. The second-order valence-corrected chi connectivity index (χ2v) is 7.25. The van der Waals surface area contributed by atoms with Gasteiger partial charge in [0.05, 0.1) is 14.2 Å². The smallest absolute Gasteiger partial charge is 0.254 e. The number of nitrogens with zero attached hydrogens (tertiary/aromatic N) is 2. The minimum atomic E-state index is -1.10. The zero-order valence-electron chi connectivity index (χ0n) is 17.5. The van der Waals surface area contributed by atoms with Crippen molar-refractivity contribution in [2.24, 2.45) is 5.73 Å². The molecule has 0 bridgehead atoms. The normalized spacial score (nSPS) is 15.6. The maximum Gasteiger partial charge on any atom is 0.254 e. The number of benzene rings is 2. The van der Waals surface area contributed by atoms with Gasteiger partial charge >= 0.3 is 0 Å². The van der Waals surface area contributed by atoms with Crippen LogP contribution in [-0.2, 0) is 10.3 Å². The van der Waals surface area contributed by atoms with Crippen molar-refractivity contribution in [3.8, 4) is 11.5 Å². The van der Waals surface area contributed by atoms with E-state index in [2.05, 4.69) is 0 Å². The Balaban J connectivity index is 0.00000320. The molecule has 7 nitrogen and oxygen atoms in total. The molecule has 2 amide bonds. The molecule has 2 aromatic rings. The highest BCUT2D eigenvalue weighted by Gasteiger charge is 2.36. The summed E-state index contributed by atoms with van der Waals surface area (Å²) in [5.41, 5.74) is 6.52. The van der Waals surface area contributed by atoms with Gasteiger partial charge in [-0.05, 0) is 24.6 Å². The number of ether oxygens (including phenoxy) is 2. The van der Waals surface area contributed by atoms with Crippen molar-refractivity contribution in [1.82, 2.24) is 9.80 Å². The van der Waals surface area contributed by atoms with Crippen LogP contribution in [0, 0.1) is 0 Å². The molecule has 0 radical (unpaired) electrons. The van der Waals surface area contributed by atoms with Crippen molar-refractivity contribution in [2.75, 3.05) is 40.4 Å². The van der Waals surface area contributed by atoms with Crippen LogP contribution >= 0.6 is 12.4 Å². The SMILES string of the molecule is COc1cc(OC)cc(C(=O)N2CCN(C(=O)C(C)(N)c3ccccc3)CC2)c1.Cl. The van der Waals surface area contributed by atoms with Crippen molar-refractivity contribution in [3.05, 3.63) is 59.7 Å². The van der Waals surface area contributed by atoms with Crippen LogP contribution in [0.5, 0.6) is 11.5 Å². The van der Waals surface area contributed by atoms with E-state index in [4.69, 9.17) is 15.2 Å². The van der Waals surface area contributed by atoms with E-state index in [9.17, 15) is 9.59 Å². The molecular formula is C22H28ClN3O4. The standard InChI is InChI=1S/C22H27N3O4.ClH/c1-22(23,17-7-5-4-6-8-17)21(27)25-11-9-24(10-12-25)20(26)16-13-18(28-2)15-19(14-16)29-3;/h4-8,13-15H,9-12,23H2,1-3H3;1H. The van der Waals surface area contributed by atoms with Gasteiger partial charge in [0.1, 0.15) is 17.0 Å². The van der Waals surface area contributed by atoms with Crippen molar-refractivity contribution in [3.63, 3.8) is 0 Å². The molecule has 0 spiro atoms. The fourth-order valence-electron chi connectivity index (χ4n) is 3.46. The molecule has 1 aliphatic rings. The summed E-state index contributed by atoms with van der Waals surface area (Å²) in [6.45, 7) is 3.48. The van der Waals surface area contributed by atoms with Crippen LogP contribution in [0.3, 0.4) is 0 Å². The van der Waals surface area contributed by atoms with E-state index in [0.717, 1.165) is 5.56 Å². The zero-order chi connectivity index (χ0) is 21.0. The van der Waals surface area contributed by atoms with Gasteiger partial charge in [0.2, 0.25) is 5.91 Å². The summed E-state index contributed by atoms with van der Waals surface area (Å²) in [5.74, 6) is 0.860. The number of amides is 2. The minimum Gasteiger partial charge on any atom is -0.497 e. The van der Waals surface area contributed by atoms with Gasteiger partial charge in [0, 0.05) is 37.8 Å². The number of piperazine rings is 1. The molecule has 0 aliphatic carbocycles. The molecule has 162 valence electrons. The molecule has 1 saturated heterocycles. The van der Waals surface area contributed by atoms with E-state index < -0.39 is 5.54 Å². The Bertz CT molecular complexity index is 859. The van der Waals surface area contributed by atoms with Gasteiger partial charge in [-0.25, -0.2) is 0 Å². The summed E-state index contributed by atoms with van der Waals surface area (Å²) < 4.78 is 10.5. The van der Waals surface area contributed by atoms with E-state index in [0.29, 0.717) is 43.2 Å². The van der Waals surface area contributed by atoms with Crippen molar-refractivity contribution in [2.45, 2.75) is 12.5 Å². The van der Waals surface area contributed by atoms with Crippen LogP contribution in [-0.4, -0.2) is 62.0 Å². The Hall–Kier alpha value is -2.77. The van der Waals surface area contributed by atoms with Crippen LogP contribution in [0.1, 0.15) is 22.8 Å². The summed E-state index contributed by atoms with van der Waals surface area (Å²) in [7, 11) is 3.09. The fourth-order valence-corrected chi connectivity index (χ4v) is 3.46. The van der Waals surface area contributed by atoms with Crippen LogP contribution < -0.4 is 15.2 Å². The number of carbonyl (C=O) groups excluding carboxylic acids is 2. The number of hydrogen-bond acceptors (Lipinski definition) is 5. The Morgan fingerprint density at radius 2 is 1.40 bits per heavy atom. The predicted molar refractivity (Wildman–Crippen MR) is 117 cm³/mol. The molecule has 30 heavy (non-hydrogen) atoms. The predicted octanol–water partition coefficient (Wildman–Crippen LogP) is 2.28. The topological polar surface area (TPSA) is 85.1 Å². The van der Waals surface area contributed by atoms with Crippen LogP contribution in [0.15, 0.2) is 48.5 Å². The number of methoxy groups -OCH3 is 2. The lowest BCUT2D eigenvalue weighted by molar-refractivity contribution is -0.138. The summed E-state index contributed by atoms with van der Waals surface area (Å²) in [6.07, 6.45) is 0. The largest absolute Gasteiger partial charge is 0.497 e. The summed E-state index contributed by atoms with van der Waals surface area (Å²) >= 11 is 0. The van der Waals surface area contributed by atoms with Crippen molar-refractivity contribution < 1.29 is 19.1 Å². The van der Waals surface area contributed by atoms with Crippen molar-refractivity contribution in [1.29, 1.82) is 0 Å². The molecule has 1 atom stereocenters. The lowest BCUT2D eigenvalue weighted by Crippen LogP contribution is -2.57. The highest BCUT2D eigenvalue weighted by Crippen LogP contribution is 2.25. The van der Waals surface area contributed by atoms with Crippen LogP contribution in [0.4, 0.5) is 0 Å². The van der Waals surface area contributed by atoms with E-state index >= 15 is 0 Å².